The number of aromatic nitrogens is 1. The van der Waals surface area contributed by atoms with Gasteiger partial charge in [0, 0.05) is 17.3 Å². The summed E-state index contributed by atoms with van der Waals surface area (Å²) in [5.41, 5.74) is 13.6. The van der Waals surface area contributed by atoms with E-state index in [1.807, 2.05) is 6.92 Å². The molecule has 5 heteroatoms. The average molecular weight is 266 g/mol. The number of anilines is 1. The van der Waals surface area contributed by atoms with E-state index in [-0.39, 0.29) is 5.02 Å². The molecule has 0 fully saturated rings. The van der Waals surface area contributed by atoms with Gasteiger partial charge in [-0.3, -0.25) is 0 Å². The molecule has 0 spiro atoms. The fourth-order valence-corrected chi connectivity index (χ4v) is 1.96. The first kappa shape index (κ1) is 12.8. The Labute approximate surface area is 110 Å². The maximum atomic E-state index is 13.9. The van der Waals surface area contributed by atoms with E-state index in [0.29, 0.717) is 16.9 Å². The van der Waals surface area contributed by atoms with Crippen LogP contribution < -0.4 is 11.5 Å². The van der Waals surface area contributed by atoms with Crippen molar-refractivity contribution in [2.45, 2.75) is 13.0 Å². The van der Waals surface area contributed by atoms with Crippen molar-refractivity contribution in [1.29, 1.82) is 0 Å². The number of nitrogens with two attached hydrogens (primary N) is 2. The molecule has 18 heavy (non-hydrogen) atoms. The molecule has 0 aliphatic carbocycles. The Hall–Kier alpha value is -1.65. The number of hydrogen-bond acceptors (Lipinski definition) is 3. The van der Waals surface area contributed by atoms with E-state index >= 15 is 0 Å². The van der Waals surface area contributed by atoms with Gasteiger partial charge in [0.2, 0.25) is 0 Å². The topological polar surface area (TPSA) is 64.9 Å². The van der Waals surface area contributed by atoms with E-state index in [1.165, 1.54) is 6.07 Å². The van der Waals surface area contributed by atoms with Gasteiger partial charge in [0.15, 0.2) is 0 Å². The normalized spacial score (nSPS) is 12.4. The zero-order valence-corrected chi connectivity index (χ0v) is 10.6. The van der Waals surface area contributed by atoms with E-state index in [2.05, 4.69) is 4.98 Å². The van der Waals surface area contributed by atoms with Gasteiger partial charge in [0.25, 0.3) is 0 Å². The minimum Gasteiger partial charge on any atom is -0.383 e. The van der Waals surface area contributed by atoms with Gasteiger partial charge in [0.1, 0.15) is 11.6 Å². The van der Waals surface area contributed by atoms with Crippen LogP contribution in [0.4, 0.5) is 10.2 Å². The van der Waals surface area contributed by atoms with Gasteiger partial charge in [-0.25, -0.2) is 9.37 Å². The number of halogens is 2. The third-order valence-electron chi connectivity index (χ3n) is 2.74. The van der Waals surface area contributed by atoms with Crippen LogP contribution >= 0.6 is 11.6 Å². The van der Waals surface area contributed by atoms with Crippen LogP contribution in [0.15, 0.2) is 30.5 Å². The third-order valence-corrected chi connectivity index (χ3v) is 3.03. The van der Waals surface area contributed by atoms with E-state index in [1.54, 1.807) is 24.4 Å². The van der Waals surface area contributed by atoms with E-state index in [9.17, 15) is 4.39 Å². The Morgan fingerprint density at radius 1 is 1.33 bits per heavy atom. The standard InChI is InChI=1S/C13H13ClFN3/c1-7-5-9(13(17)18-6-7)12(16)8-3-2-4-10(14)11(8)15/h2-6,12H,16H2,1H3,(H2,17,18). The van der Waals surface area contributed by atoms with Gasteiger partial charge in [-0.2, -0.15) is 0 Å². The zero-order valence-electron chi connectivity index (χ0n) is 9.82. The Bertz CT molecular complexity index is 584. The molecule has 0 aliphatic rings. The Morgan fingerprint density at radius 2 is 2.06 bits per heavy atom. The summed E-state index contributed by atoms with van der Waals surface area (Å²) in [6.45, 7) is 1.87. The number of hydrogen-bond donors (Lipinski definition) is 2. The van der Waals surface area contributed by atoms with E-state index in [4.69, 9.17) is 23.1 Å². The minimum atomic E-state index is -0.684. The Balaban J connectivity index is 2.51. The van der Waals surface area contributed by atoms with Crippen LogP contribution in [0.1, 0.15) is 22.7 Å². The highest BCUT2D eigenvalue weighted by atomic mass is 35.5. The van der Waals surface area contributed by atoms with Crippen LogP contribution in [0.3, 0.4) is 0 Å². The van der Waals surface area contributed by atoms with Crippen molar-refractivity contribution in [3.8, 4) is 0 Å². The Kier molecular flexibility index (Phi) is 3.50. The second kappa shape index (κ2) is 4.92. The largest absolute Gasteiger partial charge is 0.383 e. The molecule has 1 unspecified atom stereocenters. The lowest BCUT2D eigenvalue weighted by Gasteiger charge is -2.16. The molecule has 0 bridgehead atoms. The molecule has 1 aromatic heterocycles. The first-order valence-electron chi connectivity index (χ1n) is 5.42. The van der Waals surface area contributed by atoms with Crippen LogP contribution in [0.25, 0.3) is 0 Å². The van der Waals surface area contributed by atoms with Gasteiger partial charge >= 0.3 is 0 Å². The lowest BCUT2D eigenvalue weighted by Crippen LogP contribution is -2.16. The van der Waals surface area contributed by atoms with Crippen LogP contribution in [0, 0.1) is 12.7 Å². The number of pyridine rings is 1. The fourth-order valence-electron chi connectivity index (χ4n) is 1.78. The summed E-state index contributed by atoms with van der Waals surface area (Å²) >= 11 is 5.74. The van der Waals surface area contributed by atoms with Crippen molar-refractivity contribution in [1.82, 2.24) is 4.98 Å². The number of rotatable bonds is 2. The van der Waals surface area contributed by atoms with Crippen LogP contribution in [0.2, 0.25) is 5.02 Å². The van der Waals surface area contributed by atoms with Crippen LogP contribution in [-0.2, 0) is 0 Å². The number of nitrogens with zero attached hydrogens (tertiary/aromatic N) is 1. The lowest BCUT2D eigenvalue weighted by molar-refractivity contribution is 0.600. The summed E-state index contributed by atoms with van der Waals surface area (Å²) in [7, 11) is 0. The molecular formula is C13H13ClFN3. The van der Waals surface area contributed by atoms with Crippen molar-refractivity contribution in [2.75, 3.05) is 5.73 Å². The molecule has 94 valence electrons. The first-order chi connectivity index (χ1) is 8.50. The zero-order chi connectivity index (χ0) is 13.3. The van der Waals surface area contributed by atoms with Crippen molar-refractivity contribution in [3.05, 3.63) is 58.0 Å². The predicted octanol–water partition coefficient (Wildman–Crippen LogP) is 2.81. The quantitative estimate of drug-likeness (QED) is 0.878. The SMILES string of the molecule is Cc1cnc(N)c(C(N)c2cccc(Cl)c2F)c1. The molecule has 4 N–H and O–H groups in total. The van der Waals surface area contributed by atoms with Crippen molar-refractivity contribution in [2.24, 2.45) is 5.73 Å². The first-order valence-corrected chi connectivity index (χ1v) is 5.80. The highest BCUT2D eigenvalue weighted by Gasteiger charge is 2.18. The van der Waals surface area contributed by atoms with Crippen molar-refractivity contribution >= 4 is 17.4 Å². The lowest BCUT2D eigenvalue weighted by atomic mass is 9.98. The highest BCUT2D eigenvalue weighted by Crippen LogP contribution is 2.28. The molecule has 0 aliphatic heterocycles. The summed E-state index contributed by atoms with van der Waals surface area (Å²) in [6.07, 6.45) is 1.64. The molecule has 0 amide bonds. The second-order valence-electron chi connectivity index (χ2n) is 4.11. The molecule has 3 nitrogen and oxygen atoms in total. The van der Waals surface area contributed by atoms with Gasteiger partial charge in [-0.05, 0) is 24.6 Å². The van der Waals surface area contributed by atoms with Gasteiger partial charge in [-0.1, -0.05) is 23.7 Å². The monoisotopic (exact) mass is 265 g/mol. The smallest absolute Gasteiger partial charge is 0.146 e. The van der Waals surface area contributed by atoms with Crippen molar-refractivity contribution in [3.63, 3.8) is 0 Å². The van der Waals surface area contributed by atoms with Crippen LogP contribution in [-0.4, -0.2) is 4.98 Å². The highest BCUT2D eigenvalue weighted by molar-refractivity contribution is 6.30. The molecule has 0 saturated heterocycles. The van der Waals surface area contributed by atoms with Gasteiger partial charge < -0.3 is 11.5 Å². The van der Waals surface area contributed by atoms with Gasteiger partial charge in [0.05, 0.1) is 11.1 Å². The summed E-state index contributed by atoms with van der Waals surface area (Å²) in [5.74, 6) is -0.222. The minimum absolute atomic E-state index is 0.0436. The molecule has 2 rings (SSSR count). The van der Waals surface area contributed by atoms with Gasteiger partial charge in [-0.15, -0.1) is 0 Å². The van der Waals surface area contributed by atoms with Crippen molar-refractivity contribution < 1.29 is 4.39 Å². The molecule has 1 aromatic carbocycles. The third kappa shape index (κ3) is 2.30. The maximum Gasteiger partial charge on any atom is 0.146 e. The van der Waals surface area contributed by atoms with Crippen LogP contribution in [0.5, 0.6) is 0 Å². The molecule has 1 atom stereocenters. The fraction of sp³-hybridized carbons (Fsp3) is 0.154. The summed E-state index contributed by atoms with van der Waals surface area (Å²) in [6, 6.07) is 5.84. The maximum absolute atomic E-state index is 13.9. The summed E-state index contributed by atoms with van der Waals surface area (Å²) < 4.78 is 13.9. The summed E-state index contributed by atoms with van der Waals surface area (Å²) in [4.78, 5) is 4.02. The second-order valence-corrected chi connectivity index (χ2v) is 4.52. The molecule has 1 heterocycles. The number of aryl methyl sites for hydroxylation is 1. The summed E-state index contributed by atoms with van der Waals surface area (Å²) in [5, 5.41) is 0.0436. The molecular weight excluding hydrogens is 253 g/mol. The number of benzene rings is 1. The molecule has 0 radical (unpaired) electrons. The van der Waals surface area contributed by atoms with E-state index < -0.39 is 11.9 Å². The van der Waals surface area contributed by atoms with E-state index in [0.717, 1.165) is 5.56 Å². The number of nitrogen functional groups attached to an aromatic ring is 1. The Morgan fingerprint density at radius 3 is 2.78 bits per heavy atom. The molecule has 2 aromatic rings. The average Bonchev–Trinajstić information content (AvgIpc) is 2.35. The molecule has 0 saturated carbocycles. The predicted molar refractivity (Wildman–Crippen MR) is 70.8 cm³/mol.